The third kappa shape index (κ3) is 3.18. The van der Waals surface area contributed by atoms with E-state index < -0.39 is 11.2 Å². The maximum absolute atomic E-state index is 14.4. The number of allylic oxidation sites excluding steroid dienone is 2. The van der Waals surface area contributed by atoms with E-state index in [1.165, 1.54) is 17.7 Å². The Morgan fingerprint density at radius 2 is 1.95 bits per heavy atom. The number of dihydropyridines is 1. The highest BCUT2D eigenvalue weighted by Crippen LogP contribution is 2.67. The summed E-state index contributed by atoms with van der Waals surface area (Å²) >= 11 is 0. The maximum Gasteiger partial charge on any atom is 0.244 e. The monoisotopic (exact) mass is 528 g/mol. The lowest BCUT2D eigenvalue weighted by molar-refractivity contribution is -0.118. The van der Waals surface area contributed by atoms with Crippen molar-refractivity contribution in [1.82, 2.24) is 5.32 Å². The van der Waals surface area contributed by atoms with Crippen LogP contribution < -0.4 is 16.4 Å². The minimum Gasteiger partial charge on any atom is -0.393 e. The fourth-order valence-electron chi connectivity index (χ4n) is 9.95. The number of hydrogen-bond acceptors (Lipinski definition) is 5. The number of benzene rings is 1. The van der Waals surface area contributed by atoms with Crippen molar-refractivity contribution in [2.45, 2.75) is 76.7 Å². The molecule has 0 radical (unpaired) electrons. The van der Waals surface area contributed by atoms with E-state index in [9.17, 15) is 19.6 Å². The Hall–Kier alpha value is -3.11. The zero-order chi connectivity index (χ0) is 27.3. The quantitative estimate of drug-likeness (QED) is 0.378. The molecule has 7 rings (SSSR count). The van der Waals surface area contributed by atoms with Crippen LogP contribution in [0.2, 0.25) is 0 Å². The molecule has 6 nitrogen and oxygen atoms in total. The number of amides is 1. The normalized spacial score (nSPS) is 42.3. The number of aliphatic hydroxyl groups is 1. The molecule has 4 unspecified atom stereocenters. The summed E-state index contributed by atoms with van der Waals surface area (Å²) in [5, 5.41) is 26.7. The number of nitrogens with one attached hydrogen (secondary N) is 2. The highest BCUT2D eigenvalue weighted by atomic mass is 19.1. The van der Waals surface area contributed by atoms with Gasteiger partial charge in [-0.3, -0.25) is 4.79 Å². The molecule has 8 atom stereocenters. The Labute approximate surface area is 229 Å². The van der Waals surface area contributed by atoms with E-state index in [4.69, 9.17) is 5.73 Å². The molecule has 0 saturated heterocycles. The number of nitriles is 1. The van der Waals surface area contributed by atoms with Gasteiger partial charge in [-0.25, -0.2) is 4.39 Å². The van der Waals surface area contributed by atoms with Crippen molar-refractivity contribution in [3.05, 3.63) is 64.4 Å². The number of rotatable bonds is 1. The number of nitrogens with zero attached hydrogens (tertiary/aromatic N) is 1. The molecular weight excluding hydrogens is 491 g/mol. The Morgan fingerprint density at radius 1 is 1.13 bits per heavy atom. The Morgan fingerprint density at radius 3 is 2.74 bits per heavy atom. The topological polar surface area (TPSA) is 111 Å². The van der Waals surface area contributed by atoms with Crippen molar-refractivity contribution in [3.63, 3.8) is 0 Å². The number of carbonyl (C=O) groups excluding carboxylic acids is 1. The van der Waals surface area contributed by atoms with Crippen molar-refractivity contribution in [2.24, 2.45) is 40.2 Å². The van der Waals surface area contributed by atoms with Crippen LogP contribution in [0.4, 0.5) is 10.1 Å². The van der Waals surface area contributed by atoms with Crippen molar-refractivity contribution >= 4 is 11.6 Å². The average Bonchev–Trinajstić information content (AvgIpc) is 3.38. The van der Waals surface area contributed by atoms with Gasteiger partial charge in [-0.2, -0.15) is 5.26 Å². The summed E-state index contributed by atoms with van der Waals surface area (Å²) in [4.78, 5) is 13.6. The lowest BCUT2D eigenvalue weighted by atomic mass is 9.47. The van der Waals surface area contributed by atoms with Crippen molar-refractivity contribution in [1.29, 1.82) is 5.26 Å². The van der Waals surface area contributed by atoms with E-state index >= 15 is 0 Å². The van der Waals surface area contributed by atoms with Crippen LogP contribution in [0, 0.1) is 51.6 Å². The molecule has 2 aliphatic heterocycles. The number of hydrogen-bond donors (Lipinski definition) is 4. The molecule has 3 saturated carbocycles. The van der Waals surface area contributed by atoms with E-state index in [1.807, 2.05) is 6.08 Å². The lowest BCUT2D eigenvalue weighted by Crippen LogP contribution is -2.51. The number of carbonyl (C=O) groups is 1. The molecule has 2 heterocycles. The van der Waals surface area contributed by atoms with Gasteiger partial charge in [0.1, 0.15) is 23.1 Å². The molecule has 4 aliphatic carbocycles. The molecule has 204 valence electrons. The zero-order valence-corrected chi connectivity index (χ0v) is 22.7. The van der Waals surface area contributed by atoms with Crippen molar-refractivity contribution < 1.29 is 14.3 Å². The van der Waals surface area contributed by atoms with E-state index in [-0.39, 0.29) is 40.2 Å². The van der Waals surface area contributed by atoms with Gasteiger partial charge in [-0.1, -0.05) is 25.5 Å². The standard InChI is InChI=1S/C32H37FN4O2/c1-30-11-9-19(38)13-17(30)3-5-20-21-6-7-23(31(21,2)12-10-22(20)30)27-15-32(25(16-34)28(35)36-27)24-14-18(33)4-8-26(24)37-29(32)39/h3-4,8,14-15,19-23,36,38H,5-7,9-13,35H2,1-2H3,(H,37,39)/t19-,20?,21?,22?,23+,30-,31-,32?/m0/s1. The second kappa shape index (κ2) is 8.20. The number of aliphatic hydroxyl groups excluding tert-OH is 1. The van der Waals surface area contributed by atoms with Crippen LogP contribution in [0.5, 0.6) is 0 Å². The van der Waals surface area contributed by atoms with Gasteiger partial charge in [0.15, 0.2) is 0 Å². The van der Waals surface area contributed by atoms with Gasteiger partial charge in [-0.15, -0.1) is 0 Å². The summed E-state index contributed by atoms with van der Waals surface area (Å²) in [6.07, 6.45) is 12.3. The fraction of sp³-hybridized carbons (Fsp3) is 0.562. The van der Waals surface area contributed by atoms with Crippen molar-refractivity contribution in [3.8, 4) is 6.07 Å². The molecule has 0 aromatic heterocycles. The molecule has 5 N–H and O–H groups in total. The van der Waals surface area contributed by atoms with Crippen LogP contribution >= 0.6 is 0 Å². The number of fused-ring (bicyclic) bond motifs is 7. The Balaban J connectivity index is 1.27. The summed E-state index contributed by atoms with van der Waals surface area (Å²) in [6.45, 7) is 4.85. The molecule has 1 amide bonds. The highest BCUT2D eigenvalue weighted by Gasteiger charge is 2.60. The van der Waals surface area contributed by atoms with Crippen LogP contribution in [0.3, 0.4) is 0 Å². The molecule has 1 aromatic carbocycles. The first-order valence-electron chi connectivity index (χ1n) is 14.5. The van der Waals surface area contributed by atoms with E-state index in [0.29, 0.717) is 29.0 Å². The maximum atomic E-state index is 14.4. The smallest absolute Gasteiger partial charge is 0.244 e. The summed E-state index contributed by atoms with van der Waals surface area (Å²) in [6, 6.07) is 6.40. The molecule has 7 heteroatoms. The summed E-state index contributed by atoms with van der Waals surface area (Å²) in [5.41, 5.74) is 8.71. The minimum atomic E-state index is -1.43. The molecule has 1 spiro atoms. The summed E-state index contributed by atoms with van der Waals surface area (Å²) < 4.78 is 14.4. The average molecular weight is 529 g/mol. The van der Waals surface area contributed by atoms with E-state index in [2.05, 4.69) is 36.6 Å². The van der Waals surface area contributed by atoms with Crippen molar-refractivity contribution in [2.75, 3.05) is 5.32 Å². The second-order valence-electron chi connectivity index (χ2n) is 13.4. The first-order chi connectivity index (χ1) is 18.6. The number of halogens is 1. The predicted molar refractivity (Wildman–Crippen MR) is 146 cm³/mol. The Kier molecular flexibility index (Phi) is 5.24. The van der Waals surface area contributed by atoms with Crippen LogP contribution in [-0.2, 0) is 10.2 Å². The van der Waals surface area contributed by atoms with Gasteiger partial charge < -0.3 is 21.5 Å². The van der Waals surface area contributed by atoms with Crippen LogP contribution in [-0.4, -0.2) is 17.1 Å². The van der Waals surface area contributed by atoms with Gasteiger partial charge in [0, 0.05) is 22.9 Å². The first-order valence-corrected chi connectivity index (χ1v) is 14.5. The molecule has 6 aliphatic rings. The van der Waals surface area contributed by atoms with Crippen LogP contribution in [0.25, 0.3) is 0 Å². The van der Waals surface area contributed by atoms with E-state index in [0.717, 1.165) is 57.1 Å². The third-order valence-electron chi connectivity index (χ3n) is 11.9. The Bertz CT molecular complexity index is 1420. The number of anilines is 1. The third-order valence-corrected chi connectivity index (χ3v) is 11.9. The molecule has 3 fully saturated rings. The van der Waals surface area contributed by atoms with Gasteiger partial charge in [0.2, 0.25) is 5.91 Å². The summed E-state index contributed by atoms with van der Waals surface area (Å²) in [5.74, 6) is 1.31. The molecule has 1 aromatic rings. The molecule has 0 bridgehead atoms. The fourth-order valence-corrected chi connectivity index (χ4v) is 9.95. The second-order valence-corrected chi connectivity index (χ2v) is 13.4. The highest BCUT2D eigenvalue weighted by molar-refractivity contribution is 6.11. The molecular formula is C32H37FN4O2. The summed E-state index contributed by atoms with van der Waals surface area (Å²) in [7, 11) is 0. The first kappa shape index (κ1) is 24.9. The largest absolute Gasteiger partial charge is 0.393 e. The van der Waals surface area contributed by atoms with Gasteiger partial charge in [0.05, 0.1) is 11.7 Å². The van der Waals surface area contributed by atoms with Gasteiger partial charge in [-0.05, 0) is 104 Å². The number of nitrogens with two attached hydrogens (primary N) is 1. The predicted octanol–water partition coefficient (Wildman–Crippen LogP) is 5.14. The van der Waals surface area contributed by atoms with Gasteiger partial charge in [0.25, 0.3) is 0 Å². The van der Waals surface area contributed by atoms with E-state index in [1.54, 1.807) is 6.07 Å². The zero-order valence-electron chi connectivity index (χ0n) is 22.7. The lowest BCUT2D eigenvalue weighted by Gasteiger charge is -2.58. The molecule has 39 heavy (non-hydrogen) atoms. The SMILES string of the molecule is C[C@]12CC[C@H](O)CC1=CCC1C2CC[C@@]2(C)C1CC[C@@H]2C1=CC2(C(=O)Nc3ccc(F)cc32)C(C#N)=C(N)N1. The van der Waals surface area contributed by atoms with Crippen LogP contribution in [0.15, 0.2) is 53.0 Å². The van der Waals surface area contributed by atoms with Crippen LogP contribution in [0.1, 0.15) is 70.8 Å². The minimum absolute atomic E-state index is 0.0291. The van der Waals surface area contributed by atoms with Gasteiger partial charge >= 0.3 is 0 Å².